The van der Waals surface area contributed by atoms with Gasteiger partial charge in [0.1, 0.15) is 18.1 Å². The van der Waals surface area contributed by atoms with Gasteiger partial charge in [0, 0.05) is 12.1 Å². The van der Waals surface area contributed by atoms with E-state index in [0.717, 1.165) is 0 Å². The van der Waals surface area contributed by atoms with Gasteiger partial charge in [0.15, 0.2) is 0 Å². The Balaban J connectivity index is 1.79. The highest BCUT2D eigenvalue weighted by Crippen LogP contribution is 2.32. The minimum Gasteiger partial charge on any atom is -0.466 e. The normalized spacial score (nSPS) is 19.3. The second-order valence-corrected chi connectivity index (χ2v) is 6.10. The van der Waals surface area contributed by atoms with Crippen molar-refractivity contribution in [1.29, 1.82) is 0 Å². The molecule has 0 bridgehead atoms. The van der Waals surface area contributed by atoms with Crippen LogP contribution in [0.1, 0.15) is 12.8 Å². The minimum absolute atomic E-state index is 0.0109. The lowest BCUT2D eigenvalue weighted by Crippen LogP contribution is -2.49. The number of hydrogen-bond acceptors (Lipinski definition) is 6. The Bertz CT molecular complexity index is 833. The first-order chi connectivity index (χ1) is 12.9. The summed E-state index contributed by atoms with van der Waals surface area (Å²) < 4.78 is 22.6. The van der Waals surface area contributed by atoms with Gasteiger partial charge < -0.3 is 19.7 Å². The Hall–Kier alpha value is -3.23. The molecule has 1 aromatic rings. The van der Waals surface area contributed by atoms with E-state index in [0.29, 0.717) is 5.69 Å². The molecule has 0 aromatic heterocycles. The molecule has 1 unspecified atom stereocenters. The van der Waals surface area contributed by atoms with Crippen LogP contribution in [-0.4, -0.2) is 48.9 Å². The highest BCUT2D eigenvalue weighted by molar-refractivity contribution is 6.06. The SMILES string of the molecule is COC(=O)C1=C2C(=O)OCCN2C(=O)C(CC(=O)Nc2ccc(F)cc2)C1. The average Bonchev–Trinajstić information content (AvgIpc) is 2.65. The number of hydrogen-bond donors (Lipinski definition) is 1. The van der Waals surface area contributed by atoms with Crippen molar-refractivity contribution in [3.8, 4) is 0 Å². The van der Waals surface area contributed by atoms with Crippen LogP contribution in [0.15, 0.2) is 35.5 Å². The predicted octanol–water partition coefficient (Wildman–Crippen LogP) is 0.987. The van der Waals surface area contributed by atoms with Crippen LogP contribution in [0.5, 0.6) is 0 Å². The number of morpholine rings is 1. The van der Waals surface area contributed by atoms with Crippen molar-refractivity contribution < 1.29 is 33.0 Å². The molecule has 2 amide bonds. The van der Waals surface area contributed by atoms with Crippen molar-refractivity contribution in [3.63, 3.8) is 0 Å². The maximum atomic E-state index is 12.9. The molecular weight excluding hydrogens is 359 g/mol. The number of esters is 2. The Morgan fingerprint density at radius 3 is 2.67 bits per heavy atom. The van der Waals surface area contributed by atoms with Crippen molar-refractivity contribution >= 4 is 29.4 Å². The van der Waals surface area contributed by atoms with E-state index in [1.165, 1.54) is 36.3 Å². The zero-order valence-electron chi connectivity index (χ0n) is 14.5. The number of carbonyl (C=O) groups is 4. The number of amides is 2. The molecule has 1 atom stereocenters. The van der Waals surface area contributed by atoms with Gasteiger partial charge in [-0.05, 0) is 30.7 Å². The first kappa shape index (κ1) is 18.6. The van der Waals surface area contributed by atoms with Gasteiger partial charge >= 0.3 is 11.9 Å². The van der Waals surface area contributed by atoms with Crippen molar-refractivity contribution in [1.82, 2.24) is 4.90 Å². The third kappa shape index (κ3) is 3.81. The van der Waals surface area contributed by atoms with Crippen LogP contribution in [0.4, 0.5) is 10.1 Å². The van der Waals surface area contributed by atoms with Crippen LogP contribution >= 0.6 is 0 Å². The molecule has 1 fully saturated rings. The molecule has 9 heteroatoms. The molecule has 1 saturated heterocycles. The van der Waals surface area contributed by atoms with Crippen LogP contribution < -0.4 is 5.32 Å². The van der Waals surface area contributed by atoms with Gasteiger partial charge in [0.05, 0.1) is 25.1 Å². The quantitative estimate of drug-likeness (QED) is 0.787. The topological polar surface area (TPSA) is 102 Å². The molecular formula is C18H17FN2O6. The smallest absolute Gasteiger partial charge is 0.355 e. The number of nitrogens with one attached hydrogen (secondary N) is 1. The van der Waals surface area contributed by atoms with E-state index >= 15 is 0 Å². The highest BCUT2D eigenvalue weighted by Gasteiger charge is 2.43. The molecule has 2 aliphatic rings. The molecule has 27 heavy (non-hydrogen) atoms. The Kier molecular flexibility index (Phi) is 5.20. The monoisotopic (exact) mass is 376 g/mol. The lowest BCUT2D eigenvalue weighted by atomic mass is 9.88. The summed E-state index contributed by atoms with van der Waals surface area (Å²) in [5.41, 5.74) is 0.283. The molecule has 0 radical (unpaired) electrons. The largest absolute Gasteiger partial charge is 0.466 e. The zero-order chi connectivity index (χ0) is 19.6. The van der Waals surface area contributed by atoms with Crippen molar-refractivity contribution in [2.75, 3.05) is 25.6 Å². The lowest BCUT2D eigenvalue weighted by molar-refractivity contribution is -0.155. The molecule has 1 N–H and O–H groups in total. The number of fused-ring (bicyclic) bond motifs is 1. The standard InChI is InChI=1S/C18H17FN2O6/c1-26-17(24)13-8-10(16(23)21-6-7-27-18(25)15(13)21)9-14(22)20-12-4-2-11(19)3-5-12/h2-5,10H,6-9H2,1H3,(H,20,22). The van der Waals surface area contributed by atoms with Crippen LogP contribution in [0, 0.1) is 11.7 Å². The number of nitrogens with zero attached hydrogens (tertiary/aromatic N) is 1. The van der Waals surface area contributed by atoms with E-state index < -0.39 is 35.5 Å². The fourth-order valence-corrected chi connectivity index (χ4v) is 3.11. The molecule has 0 spiro atoms. The van der Waals surface area contributed by atoms with Gasteiger partial charge in [-0.15, -0.1) is 0 Å². The molecule has 8 nitrogen and oxygen atoms in total. The third-order valence-electron chi connectivity index (χ3n) is 4.35. The second-order valence-electron chi connectivity index (χ2n) is 6.10. The Labute approximate surface area is 153 Å². The zero-order valence-corrected chi connectivity index (χ0v) is 14.5. The van der Waals surface area contributed by atoms with Crippen molar-refractivity contribution in [2.45, 2.75) is 12.8 Å². The third-order valence-corrected chi connectivity index (χ3v) is 4.35. The maximum absolute atomic E-state index is 12.9. The average molecular weight is 376 g/mol. The van der Waals surface area contributed by atoms with Gasteiger partial charge in [-0.25, -0.2) is 14.0 Å². The summed E-state index contributed by atoms with van der Waals surface area (Å²) in [5.74, 6) is -3.66. The first-order valence-electron chi connectivity index (χ1n) is 8.26. The van der Waals surface area contributed by atoms with Crippen LogP contribution in [0.25, 0.3) is 0 Å². The molecule has 0 aliphatic carbocycles. The van der Waals surface area contributed by atoms with Gasteiger partial charge in [0.25, 0.3) is 0 Å². The highest BCUT2D eigenvalue weighted by atomic mass is 19.1. The van der Waals surface area contributed by atoms with E-state index in [1.54, 1.807) is 0 Å². The van der Waals surface area contributed by atoms with E-state index in [9.17, 15) is 23.6 Å². The van der Waals surface area contributed by atoms with Gasteiger partial charge in [0.2, 0.25) is 11.8 Å². The Morgan fingerprint density at radius 2 is 2.00 bits per heavy atom. The summed E-state index contributed by atoms with van der Waals surface area (Å²) in [7, 11) is 1.17. The summed E-state index contributed by atoms with van der Waals surface area (Å²) in [5, 5.41) is 2.58. The minimum atomic E-state index is -0.825. The number of benzene rings is 1. The molecule has 142 valence electrons. The van der Waals surface area contributed by atoms with E-state index in [2.05, 4.69) is 5.32 Å². The molecule has 1 aromatic carbocycles. The number of halogens is 1. The van der Waals surface area contributed by atoms with Gasteiger partial charge in [-0.1, -0.05) is 0 Å². The summed E-state index contributed by atoms with van der Waals surface area (Å²) in [6, 6.07) is 5.19. The van der Waals surface area contributed by atoms with E-state index in [4.69, 9.17) is 9.47 Å². The maximum Gasteiger partial charge on any atom is 0.355 e. The molecule has 0 saturated carbocycles. The van der Waals surface area contributed by atoms with Crippen LogP contribution in [0.2, 0.25) is 0 Å². The lowest BCUT2D eigenvalue weighted by Gasteiger charge is -2.36. The van der Waals surface area contributed by atoms with Crippen LogP contribution in [0.3, 0.4) is 0 Å². The molecule has 2 aliphatic heterocycles. The first-order valence-corrected chi connectivity index (χ1v) is 8.26. The van der Waals surface area contributed by atoms with Crippen LogP contribution in [-0.2, 0) is 28.7 Å². The number of methoxy groups -OCH3 is 1. The van der Waals surface area contributed by atoms with Crippen molar-refractivity contribution in [2.24, 2.45) is 5.92 Å². The van der Waals surface area contributed by atoms with Crippen molar-refractivity contribution in [3.05, 3.63) is 41.4 Å². The number of anilines is 1. The molecule has 3 rings (SSSR count). The fourth-order valence-electron chi connectivity index (χ4n) is 3.11. The molecule has 2 heterocycles. The summed E-state index contributed by atoms with van der Waals surface area (Å²) in [4.78, 5) is 50.2. The van der Waals surface area contributed by atoms with E-state index in [-0.39, 0.29) is 37.3 Å². The fraction of sp³-hybridized carbons (Fsp3) is 0.333. The van der Waals surface area contributed by atoms with Gasteiger partial charge in [-0.3, -0.25) is 9.59 Å². The number of ether oxygens (including phenoxy) is 2. The Morgan fingerprint density at radius 1 is 1.30 bits per heavy atom. The number of carbonyl (C=O) groups excluding carboxylic acids is 4. The summed E-state index contributed by atoms with van der Waals surface area (Å²) in [6.45, 7) is 0.119. The van der Waals surface area contributed by atoms with Gasteiger partial charge in [-0.2, -0.15) is 0 Å². The second kappa shape index (κ2) is 7.56. The number of cyclic esters (lactones) is 1. The van der Waals surface area contributed by atoms with E-state index in [1.807, 2.05) is 0 Å². The summed E-state index contributed by atoms with van der Waals surface area (Å²) >= 11 is 0. The predicted molar refractivity (Wildman–Crippen MR) is 89.5 cm³/mol. The number of rotatable bonds is 4. The summed E-state index contributed by atoms with van der Waals surface area (Å²) in [6.07, 6.45) is -0.307.